The average molecular weight is 389 g/mol. The molecule has 3 heteroatoms. The summed E-state index contributed by atoms with van der Waals surface area (Å²) in [5.74, 6) is 2.21. The minimum Gasteiger partial charge on any atom is -0.385 e. The Morgan fingerprint density at radius 2 is 1.86 bits per heavy atom. The van der Waals surface area contributed by atoms with Crippen LogP contribution in [-0.4, -0.2) is 27.7 Å². The molecule has 1 unspecified atom stereocenters. The third-order valence-corrected chi connectivity index (χ3v) is 9.66. The standard InChI is InChI=1S/C25H40O3/c1-15-9-10-25-16(2)7-8-17(25)20-23(5,13-18(15)25)11-12-24(20,6)14-19(26)21(27)22(3,4)28/h13,15-17,19-20,26,28H,7-12,14H2,1-6H3/t15-,16-,17-,19?,20-,23+,24+,25-/m0/s1. The van der Waals surface area contributed by atoms with E-state index in [0.717, 1.165) is 18.8 Å². The van der Waals surface area contributed by atoms with E-state index in [4.69, 9.17) is 0 Å². The highest BCUT2D eigenvalue weighted by atomic mass is 16.3. The van der Waals surface area contributed by atoms with Crippen molar-refractivity contribution in [3.05, 3.63) is 11.6 Å². The smallest absolute Gasteiger partial charge is 0.192 e. The van der Waals surface area contributed by atoms with Crippen LogP contribution in [0.15, 0.2) is 11.6 Å². The third-order valence-electron chi connectivity index (χ3n) is 9.66. The summed E-state index contributed by atoms with van der Waals surface area (Å²) in [6.45, 7) is 12.6. The largest absolute Gasteiger partial charge is 0.385 e. The number of rotatable bonds is 4. The first-order valence-electron chi connectivity index (χ1n) is 11.5. The van der Waals surface area contributed by atoms with Crippen LogP contribution in [0.3, 0.4) is 0 Å². The predicted molar refractivity (Wildman–Crippen MR) is 112 cm³/mol. The van der Waals surface area contributed by atoms with Crippen LogP contribution in [0, 0.1) is 39.9 Å². The first-order valence-corrected chi connectivity index (χ1v) is 11.5. The van der Waals surface area contributed by atoms with Gasteiger partial charge in [-0.3, -0.25) is 4.79 Å². The highest BCUT2D eigenvalue weighted by Crippen LogP contribution is 2.74. The zero-order valence-electron chi connectivity index (χ0n) is 18.7. The molecule has 0 aromatic carbocycles. The Hall–Kier alpha value is -0.670. The van der Waals surface area contributed by atoms with Crippen molar-refractivity contribution >= 4 is 5.78 Å². The van der Waals surface area contributed by atoms with E-state index >= 15 is 0 Å². The summed E-state index contributed by atoms with van der Waals surface area (Å²) in [6.07, 6.45) is 9.51. The number of fused-ring (bicyclic) bond motifs is 2. The molecule has 0 bridgehead atoms. The second-order valence-corrected chi connectivity index (χ2v) is 11.9. The summed E-state index contributed by atoms with van der Waals surface area (Å²) < 4.78 is 0. The zero-order valence-corrected chi connectivity index (χ0v) is 18.7. The summed E-state index contributed by atoms with van der Waals surface area (Å²) in [4.78, 5) is 12.5. The number of allylic oxidation sites excluding steroid dienone is 2. The molecule has 3 saturated carbocycles. The van der Waals surface area contributed by atoms with E-state index in [1.165, 1.54) is 39.5 Å². The Kier molecular flexibility index (Phi) is 4.54. The van der Waals surface area contributed by atoms with Crippen LogP contribution < -0.4 is 0 Å². The SMILES string of the molecule is C[C@H]1CC[C@@]23C1=C[C@@]1(C)CC[C@](C)(CC(O)C(=O)C(C)(C)O)[C@H]1[C@@H]2CC[C@@H]3C. The number of Topliss-reactive ketones (excluding diaryl/α,β-unsaturated/α-hetero) is 1. The van der Waals surface area contributed by atoms with Crippen molar-refractivity contribution < 1.29 is 15.0 Å². The second kappa shape index (κ2) is 6.17. The summed E-state index contributed by atoms with van der Waals surface area (Å²) in [7, 11) is 0. The van der Waals surface area contributed by atoms with Gasteiger partial charge < -0.3 is 10.2 Å². The Bertz CT molecular complexity index is 703. The van der Waals surface area contributed by atoms with Crippen LogP contribution in [0.25, 0.3) is 0 Å². The molecule has 8 atom stereocenters. The van der Waals surface area contributed by atoms with Crippen LogP contribution in [0.2, 0.25) is 0 Å². The lowest BCUT2D eigenvalue weighted by Crippen LogP contribution is -2.50. The Balaban J connectivity index is 1.72. The molecule has 3 nitrogen and oxygen atoms in total. The van der Waals surface area contributed by atoms with Crippen molar-refractivity contribution in [2.75, 3.05) is 0 Å². The first-order chi connectivity index (χ1) is 12.9. The fraction of sp³-hybridized carbons (Fsp3) is 0.880. The van der Waals surface area contributed by atoms with Gasteiger partial charge >= 0.3 is 0 Å². The maximum absolute atomic E-state index is 12.5. The average Bonchev–Trinajstić information content (AvgIpc) is 3.18. The highest BCUT2D eigenvalue weighted by molar-refractivity contribution is 5.90. The molecule has 0 amide bonds. The number of carbonyl (C=O) groups excluding carboxylic acids is 1. The van der Waals surface area contributed by atoms with E-state index in [1.807, 2.05) is 0 Å². The fourth-order valence-electron chi connectivity index (χ4n) is 8.49. The maximum Gasteiger partial charge on any atom is 0.192 e. The van der Waals surface area contributed by atoms with Crippen LogP contribution >= 0.6 is 0 Å². The molecule has 28 heavy (non-hydrogen) atoms. The third kappa shape index (κ3) is 2.64. The summed E-state index contributed by atoms with van der Waals surface area (Å²) in [5.41, 5.74) is 0.767. The molecule has 0 aliphatic heterocycles. The highest BCUT2D eigenvalue weighted by Gasteiger charge is 2.67. The molecule has 0 heterocycles. The van der Waals surface area contributed by atoms with Gasteiger partial charge in [0.25, 0.3) is 0 Å². The summed E-state index contributed by atoms with van der Waals surface area (Å²) in [5, 5.41) is 20.9. The van der Waals surface area contributed by atoms with Gasteiger partial charge in [0.1, 0.15) is 11.7 Å². The Morgan fingerprint density at radius 3 is 2.50 bits per heavy atom. The molecule has 4 aliphatic carbocycles. The summed E-state index contributed by atoms with van der Waals surface area (Å²) >= 11 is 0. The van der Waals surface area contributed by atoms with Gasteiger partial charge in [0.05, 0.1) is 0 Å². The van der Waals surface area contributed by atoms with Crippen LogP contribution in [0.4, 0.5) is 0 Å². The summed E-state index contributed by atoms with van der Waals surface area (Å²) in [6, 6.07) is 0. The minimum absolute atomic E-state index is 0.0509. The molecular formula is C25H40O3. The minimum atomic E-state index is -1.47. The quantitative estimate of drug-likeness (QED) is 0.673. The number of aliphatic hydroxyl groups is 2. The van der Waals surface area contributed by atoms with Crippen molar-refractivity contribution in [2.45, 2.75) is 98.2 Å². The van der Waals surface area contributed by atoms with Gasteiger partial charge in [0.15, 0.2) is 5.78 Å². The van der Waals surface area contributed by atoms with Crippen LogP contribution in [0.5, 0.6) is 0 Å². The van der Waals surface area contributed by atoms with Crippen molar-refractivity contribution in [1.29, 1.82) is 0 Å². The molecule has 4 aliphatic rings. The van der Waals surface area contributed by atoms with Gasteiger partial charge in [-0.2, -0.15) is 0 Å². The molecule has 0 radical (unpaired) electrons. The number of carbonyl (C=O) groups is 1. The van der Waals surface area contributed by atoms with Gasteiger partial charge in [0.2, 0.25) is 0 Å². The molecule has 0 aromatic heterocycles. The van der Waals surface area contributed by atoms with Gasteiger partial charge in [0, 0.05) is 0 Å². The van der Waals surface area contributed by atoms with Crippen molar-refractivity contribution in [3.63, 3.8) is 0 Å². The van der Waals surface area contributed by atoms with Crippen LogP contribution in [0.1, 0.15) is 86.5 Å². The van der Waals surface area contributed by atoms with Gasteiger partial charge in [-0.05, 0) is 98.7 Å². The predicted octanol–water partition coefficient (Wildman–Crippen LogP) is 4.90. The van der Waals surface area contributed by atoms with E-state index < -0.39 is 17.5 Å². The van der Waals surface area contributed by atoms with Gasteiger partial charge in [-0.15, -0.1) is 0 Å². The Labute approximate surface area is 171 Å². The number of aliphatic hydroxyl groups excluding tert-OH is 1. The lowest BCUT2D eigenvalue weighted by Gasteiger charge is -2.54. The van der Waals surface area contributed by atoms with E-state index in [9.17, 15) is 15.0 Å². The van der Waals surface area contributed by atoms with Crippen LogP contribution in [-0.2, 0) is 4.79 Å². The van der Waals surface area contributed by atoms with Crippen molar-refractivity contribution in [3.8, 4) is 0 Å². The van der Waals surface area contributed by atoms with Gasteiger partial charge in [-0.1, -0.05) is 39.3 Å². The lowest BCUT2D eigenvalue weighted by molar-refractivity contribution is -0.145. The Morgan fingerprint density at radius 1 is 1.18 bits per heavy atom. The van der Waals surface area contributed by atoms with E-state index in [0.29, 0.717) is 29.6 Å². The molecule has 4 rings (SSSR count). The lowest BCUT2D eigenvalue weighted by atomic mass is 9.50. The number of hydrogen-bond acceptors (Lipinski definition) is 3. The maximum atomic E-state index is 12.5. The molecule has 1 spiro atoms. The molecule has 0 saturated heterocycles. The molecule has 3 fully saturated rings. The molecule has 158 valence electrons. The number of hydrogen-bond donors (Lipinski definition) is 2. The second-order valence-electron chi connectivity index (χ2n) is 11.9. The molecule has 2 N–H and O–H groups in total. The van der Waals surface area contributed by atoms with E-state index in [1.54, 1.807) is 5.57 Å². The van der Waals surface area contributed by atoms with Crippen molar-refractivity contribution in [2.24, 2.45) is 39.9 Å². The molecular weight excluding hydrogens is 348 g/mol. The number of ketones is 1. The fourth-order valence-corrected chi connectivity index (χ4v) is 8.49. The topological polar surface area (TPSA) is 57.5 Å². The normalized spacial score (nSPS) is 48.6. The van der Waals surface area contributed by atoms with Crippen molar-refractivity contribution in [1.82, 2.24) is 0 Å². The monoisotopic (exact) mass is 388 g/mol. The van der Waals surface area contributed by atoms with E-state index in [2.05, 4.69) is 33.8 Å². The molecule has 0 aromatic rings. The zero-order chi connectivity index (χ0) is 20.7. The van der Waals surface area contributed by atoms with E-state index in [-0.39, 0.29) is 10.8 Å². The first kappa shape index (κ1) is 20.6. The van der Waals surface area contributed by atoms with Gasteiger partial charge in [-0.25, -0.2) is 0 Å².